The average Bonchev–Trinajstić information content (AvgIpc) is 3.16. The van der Waals surface area contributed by atoms with Crippen LogP contribution in [0.5, 0.6) is 11.5 Å². The van der Waals surface area contributed by atoms with Crippen LogP contribution in [0.4, 0.5) is 0 Å². The molecule has 33 heavy (non-hydrogen) atoms. The third-order valence-corrected chi connectivity index (χ3v) is 7.10. The van der Waals surface area contributed by atoms with E-state index >= 15 is 0 Å². The maximum atomic E-state index is 13.1. The normalized spacial score (nSPS) is 15.3. The molecule has 3 aromatic rings. The van der Waals surface area contributed by atoms with Gasteiger partial charge in [0.05, 0.1) is 24.9 Å². The molecule has 0 aliphatic heterocycles. The summed E-state index contributed by atoms with van der Waals surface area (Å²) in [6.07, 6.45) is 5.16. The summed E-state index contributed by atoms with van der Waals surface area (Å²) >= 11 is 1.62. The predicted molar refractivity (Wildman–Crippen MR) is 131 cm³/mol. The average molecular weight is 470 g/mol. The zero-order chi connectivity index (χ0) is 23.4. The van der Waals surface area contributed by atoms with Crippen LogP contribution < -0.4 is 20.3 Å². The van der Waals surface area contributed by atoms with E-state index in [2.05, 4.69) is 17.2 Å². The van der Waals surface area contributed by atoms with Crippen molar-refractivity contribution in [1.82, 2.24) is 14.9 Å². The first-order valence-corrected chi connectivity index (χ1v) is 12.5. The highest BCUT2D eigenvalue weighted by Gasteiger charge is 2.23. The first kappa shape index (κ1) is 23.3. The number of nitrogens with zero attached hydrogens (tertiary/aromatic N) is 2. The van der Waals surface area contributed by atoms with Crippen molar-refractivity contribution < 1.29 is 14.3 Å². The molecule has 4 rings (SSSR count). The summed E-state index contributed by atoms with van der Waals surface area (Å²) in [5.74, 6) is 1.87. The number of rotatable bonds is 9. The van der Waals surface area contributed by atoms with E-state index in [1.807, 2.05) is 32.0 Å². The summed E-state index contributed by atoms with van der Waals surface area (Å²) in [6.45, 7) is 7.68. The smallest absolute Gasteiger partial charge is 0.262 e. The Morgan fingerprint density at radius 2 is 2.03 bits per heavy atom. The van der Waals surface area contributed by atoms with E-state index in [0.29, 0.717) is 43.2 Å². The van der Waals surface area contributed by atoms with Gasteiger partial charge in [-0.15, -0.1) is 11.3 Å². The van der Waals surface area contributed by atoms with Crippen molar-refractivity contribution >= 4 is 27.5 Å². The van der Waals surface area contributed by atoms with Crippen LogP contribution in [-0.2, 0) is 30.6 Å². The van der Waals surface area contributed by atoms with Gasteiger partial charge in [0.25, 0.3) is 5.56 Å². The van der Waals surface area contributed by atoms with Gasteiger partial charge in [0, 0.05) is 11.4 Å². The van der Waals surface area contributed by atoms with E-state index < -0.39 is 0 Å². The molecule has 1 aliphatic rings. The molecular weight excluding hydrogens is 438 g/mol. The monoisotopic (exact) mass is 469 g/mol. The van der Waals surface area contributed by atoms with E-state index in [1.54, 1.807) is 11.3 Å². The van der Waals surface area contributed by atoms with Crippen LogP contribution in [0.2, 0.25) is 0 Å². The zero-order valence-electron chi connectivity index (χ0n) is 19.5. The van der Waals surface area contributed by atoms with Crippen molar-refractivity contribution in [1.29, 1.82) is 0 Å². The molecule has 8 heteroatoms. The molecule has 1 aromatic carbocycles. The number of aromatic nitrogens is 2. The molecule has 0 fully saturated rings. The number of nitrogens with one attached hydrogen (secondary N) is 1. The Morgan fingerprint density at radius 3 is 2.82 bits per heavy atom. The van der Waals surface area contributed by atoms with Crippen molar-refractivity contribution in [3.05, 3.63) is 50.9 Å². The van der Waals surface area contributed by atoms with E-state index in [1.165, 1.54) is 15.8 Å². The minimum absolute atomic E-state index is 0.0315. The lowest BCUT2D eigenvalue weighted by atomic mass is 9.89. The second-order valence-electron chi connectivity index (χ2n) is 8.46. The molecule has 176 valence electrons. The first-order valence-electron chi connectivity index (χ1n) is 11.6. The third kappa shape index (κ3) is 5.21. The van der Waals surface area contributed by atoms with Gasteiger partial charge in [-0.2, -0.15) is 0 Å². The van der Waals surface area contributed by atoms with Crippen molar-refractivity contribution in [3.63, 3.8) is 0 Å². The highest BCUT2D eigenvalue weighted by molar-refractivity contribution is 7.18. The molecule has 1 N–H and O–H groups in total. The van der Waals surface area contributed by atoms with Crippen molar-refractivity contribution in [2.24, 2.45) is 5.92 Å². The van der Waals surface area contributed by atoms with Gasteiger partial charge < -0.3 is 14.8 Å². The van der Waals surface area contributed by atoms with Gasteiger partial charge in [-0.3, -0.25) is 14.2 Å². The van der Waals surface area contributed by atoms with Gasteiger partial charge >= 0.3 is 0 Å². The molecule has 0 spiro atoms. The minimum atomic E-state index is -0.202. The Bertz CT molecular complexity index is 1200. The van der Waals surface area contributed by atoms with Crippen LogP contribution >= 0.6 is 11.3 Å². The zero-order valence-corrected chi connectivity index (χ0v) is 20.3. The van der Waals surface area contributed by atoms with Gasteiger partial charge in [0.1, 0.15) is 11.4 Å². The molecule has 0 unspecified atom stereocenters. The molecule has 0 radical (unpaired) electrons. The highest BCUT2D eigenvalue weighted by Crippen LogP contribution is 2.35. The second kappa shape index (κ2) is 10.4. The molecule has 2 heterocycles. The van der Waals surface area contributed by atoms with Crippen LogP contribution in [0.15, 0.2) is 29.3 Å². The standard InChI is InChI=1S/C25H31N3O4S/c1-4-31-19-9-7-17(13-20(19)32-5-2)10-11-26-22(29)14-28-15-27-24-23(25(28)30)18-8-6-16(3)12-21(18)33-24/h7,9,13,15-16H,4-6,8,10-12,14H2,1-3H3,(H,26,29)/t16-/m1/s1. The van der Waals surface area contributed by atoms with Gasteiger partial charge in [-0.1, -0.05) is 13.0 Å². The van der Waals surface area contributed by atoms with Crippen LogP contribution in [0.3, 0.4) is 0 Å². The topological polar surface area (TPSA) is 82.5 Å². The number of thiophene rings is 1. The number of amides is 1. The molecule has 1 aliphatic carbocycles. The van der Waals surface area contributed by atoms with Crippen LogP contribution in [0.1, 0.15) is 43.2 Å². The van der Waals surface area contributed by atoms with Crippen LogP contribution in [0, 0.1) is 5.92 Å². The summed E-state index contributed by atoms with van der Waals surface area (Å²) in [5, 5.41) is 3.62. The first-order chi connectivity index (χ1) is 16.0. The Hall–Kier alpha value is -2.87. The number of fused-ring (bicyclic) bond motifs is 3. The lowest BCUT2D eigenvalue weighted by Crippen LogP contribution is -2.33. The van der Waals surface area contributed by atoms with Gasteiger partial charge in [-0.25, -0.2) is 4.98 Å². The summed E-state index contributed by atoms with van der Waals surface area (Å²) in [4.78, 5) is 32.2. The van der Waals surface area contributed by atoms with E-state index in [4.69, 9.17) is 9.47 Å². The van der Waals surface area contributed by atoms with Crippen molar-refractivity contribution in [3.8, 4) is 11.5 Å². The SMILES string of the molecule is CCOc1ccc(CCNC(=O)Cn2cnc3sc4c(c3c2=O)CC[C@@H](C)C4)cc1OCC. The number of hydrogen-bond donors (Lipinski definition) is 1. The van der Waals surface area contributed by atoms with Crippen LogP contribution in [0.25, 0.3) is 10.2 Å². The molecule has 2 aromatic heterocycles. The quantitative estimate of drug-likeness (QED) is 0.516. The molecule has 1 atom stereocenters. The van der Waals surface area contributed by atoms with E-state index in [0.717, 1.165) is 41.0 Å². The Kier molecular flexibility index (Phi) is 7.33. The fourth-order valence-corrected chi connectivity index (χ4v) is 5.63. The van der Waals surface area contributed by atoms with Crippen molar-refractivity contribution in [2.45, 2.75) is 53.0 Å². The van der Waals surface area contributed by atoms with Crippen LogP contribution in [-0.4, -0.2) is 35.2 Å². The predicted octanol–water partition coefficient (Wildman–Crippen LogP) is 3.74. The molecule has 7 nitrogen and oxygen atoms in total. The molecular formula is C25H31N3O4S. The maximum absolute atomic E-state index is 13.1. The number of carbonyl (C=O) groups excluding carboxylic acids is 1. The third-order valence-electron chi connectivity index (χ3n) is 5.94. The van der Waals surface area contributed by atoms with E-state index in [9.17, 15) is 9.59 Å². The largest absolute Gasteiger partial charge is 0.490 e. The fourth-order valence-electron chi connectivity index (χ4n) is 4.29. The number of aryl methyl sites for hydroxylation is 1. The molecule has 0 saturated carbocycles. The molecule has 0 saturated heterocycles. The lowest BCUT2D eigenvalue weighted by Gasteiger charge is -2.17. The Morgan fingerprint density at radius 1 is 1.24 bits per heavy atom. The highest BCUT2D eigenvalue weighted by atomic mass is 32.1. The maximum Gasteiger partial charge on any atom is 0.262 e. The lowest BCUT2D eigenvalue weighted by molar-refractivity contribution is -0.121. The Balaban J connectivity index is 1.39. The summed E-state index contributed by atoms with van der Waals surface area (Å²) in [5.41, 5.74) is 2.07. The summed E-state index contributed by atoms with van der Waals surface area (Å²) in [6, 6.07) is 5.82. The van der Waals surface area contributed by atoms with Gasteiger partial charge in [0.15, 0.2) is 11.5 Å². The van der Waals surface area contributed by atoms with Gasteiger partial charge in [0.2, 0.25) is 5.91 Å². The van der Waals surface area contributed by atoms with Gasteiger partial charge in [-0.05, 0) is 68.7 Å². The molecule has 1 amide bonds. The van der Waals surface area contributed by atoms with Crippen molar-refractivity contribution in [2.75, 3.05) is 19.8 Å². The minimum Gasteiger partial charge on any atom is -0.490 e. The fraction of sp³-hybridized carbons (Fsp3) is 0.480. The Labute approximate surface area is 197 Å². The number of ether oxygens (including phenoxy) is 2. The number of carbonyl (C=O) groups is 1. The number of benzene rings is 1. The number of hydrogen-bond acceptors (Lipinski definition) is 6. The second-order valence-corrected chi connectivity index (χ2v) is 9.54. The van der Waals surface area contributed by atoms with E-state index in [-0.39, 0.29) is 18.0 Å². The summed E-state index contributed by atoms with van der Waals surface area (Å²) < 4.78 is 12.7. The summed E-state index contributed by atoms with van der Waals surface area (Å²) in [7, 11) is 0. The molecule has 0 bridgehead atoms.